The number of aromatic nitrogens is 4. The third-order valence-corrected chi connectivity index (χ3v) is 6.56. The fraction of sp³-hybridized carbons (Fsp3) is 0.400. The molecule has 0 spiro atoms. The number of nitrogens with zero attached hydrogens (tertiary/aromatic N) is 3. The van der Waals surface area contributed by atoms with Crippen molar-refractivity contribution < 1.29 is 23.0 Å². The number of rotatable bonds is 13. The molecule has 3 aromatic rings. The van der Waals surface area contributed by atoms with Crippen LogP contribution in [0.4, 0.5) is 10.3 Å². The van der Waals surface area contributed by atoms with Gasteiger partial charge in [0.15, 0.2) is 24.7 Å². The van der Waals surface area contributed by atoms with Gasteiger partial charge in [0.1, 0.15) is 12.2 Å². The topological polar surface area (TPSA) is 134 Å². The lowest BCUT2D eigenvalue weighted by molar-refractivity contribution is -0.110. The van der Waals surface area contributed by atoms with Gasteiger partial charge >= 0.3 is 0 Å². The summed E-state index contributed by atoms with van der Waals surface area (Å²) in [5.74, 6) is 0.183. The number of benzene rings is 1. The highest BCUT2D eigenvalue weighted by Gasteiger charge is 2.14. The summed E-state index contributed by atoms with van der Waals surface area (Å²) in [5, 5.41) is 0.0977. The number of carbonyl (C=O) groups is 1. The second-order valence-electron chi connectivity index (χ2n) is 6.74. The molecule has 0 aliphatic rings. The van der Waals surface area contributed by atoms with E-state index in [2.05, 4.69) is 15.0 Å². The molecule has 3 rings (SSSR count). The van der Waals surface area contributed by atoms with Gasteiger partial charge in [0, 0.05) is 18.7 Å². The van der Waals surface area contributed by atoms with E-state index in [1.807, 2.05) is 6.92 Å². The monoisotopic (exact) mass is 497 g/mol. The smallest absolute Gasteiger partial charge is 0.280 e. The van der Waals surface area contributed by atoms with Gasteiger partial charge in [-0.25, -0.2) is 9.37 Å². The van der Waals surface area contributed by atoms with E-state index in [4.69, 9.17) is 19.5 Å². The summed E-state index contributed by atoms with van der Waals surface area (Å²) in [6.07, 6.45) is 2.14. The Morgan fingerprint density at radius 2 is 2.18 bits per heavy atom. The summed E-state index contributed by atoms with van der Waals surface area (Å²) in [6, 6.07) is 6.14. The number of aromatic amines is 1. The zero-order valence-electron chi connectivity index (χ0n) is 18.0. The Morgan fingerprint density at radius 3 is 2.97 bits per heavy atom. The largest absolute Gasteiger partial charge is 0.370 e. The summed E-state index contributed by atoms with van der Waals surface area (Å²) in [4.78, 5) is 33.9. The number of thioether (sulfide) groups is 1. The van der Waals surface area contributed by atoms with E-state index in [1.54, 1.807) is 16.7 Å². The number of nitrogens with one attached hydrogen (secondary N) is 1. The maximum Gasteiger partial charge on any atom is 0.280 e. The number of carbonyl (C=O) groups excluding carboxylic acids is 1. The number of fused-ring (bicyclic) bond motifs is 1. The van der Waals surface area contributed by atoms with Gasteiger partial charge in [-0.3, -0.25) is 14.6 Å². The van der Waals surface area contributed by atoms with E-state index < -0.39 is 13.9 Å². The molecule has 1 unspecified atom stereocenters. The summed E-state index contributed by atoms with van der Waals surface area (Å²) in [5.41, 5.74) is 6.46. The van der Waals surface area contributed by atoms with E-state index >= 15 is 0 Å². The number of nitrogens with two attached hydrogens (primary N) is 1. The first-order valence-corrected chi connectivity index (χ1v) is 12.5. The van der Waals surface area contributed by atoms with Gasteiger partial charge in [0.2, 0.25) is 5.95 Å². The molecule has 10 nitrogen and oxygen atoms in total. The Balaban J connectivity index is 1.51. The summed E-state index contributed by atoms with van der Waals surface area (Å²) in [6.45, 7) is 2.98. The fourth-order valence-electron chi connectivity index (χ4n) is 2.72. The van der Waals surface area contributed by atoms with Crippen LogP contribution < -0.4 is 11.3 Å². The first-order chi connectivity index (χ1) is 16.0. The molecule has 0 bridgehead atoms. The van der Waals surface area contributed by atoms with Crippen molar-refractivity contribution in [2.75, 3.05) is 31.0 Å². The van der Waals surface area contributed by atoms with Crippen molar-refractivity contribution in [1.82, 2.24) is 19.5 Å². The van der Waals surface area contributed by atoms with Crippen molar-refractivity contribution in [3.8, 4) is 0 Å². The molecule has 0 saturated heterocycles. The number of nitrogen functional groups attached to an aromatic ring is 1. The molecule has 1 atom stereocenters. The average Bonchev–Trinajstić information content (AvgIpc) is 3.20. The summed E-state index contributed by atoms with van der Waals surface area (Å²) >= 11 is 1.21. The van der Waals surface area contributed by atoms with Crippen LogP contribution in [0.1, 0.15) is 18.9 Å². The van der Waals surface area contributed by atoms with Crippen molar-refractivity contribution >= 4 is 42.4 Å². The Labute approximate surface area is 194 Å². The van der Waals surface area contributed by atoms with Crippen LogP contribution in [0.5, 0.6) is 0 Å². The lowest BCUT2D eigenvalue weighted by atomic mass is 10.2. The van der Waals surface area contributed by atoms with E-state index in [9.17, 15) is 14.0 Å². The predicted octanol–water partition coefficient (Wildman–Crippen LogP) is 3.03. The van der Waals surface area contributed by atoms with Crippen LogP contribution in [0.3, 0.4) is 0 Å². The molecule has 2 aromatic heterocycles. The van der Waals surface area contributed by atoms with Gasteiger partial charge in [0.25, 0.3) is 5.56 Å². The molecule has 0 fully saturated rings. The van der Waals surface area contributed by atoms with E-state index in [0.717, 1.165) is 0 Å². The first kappa shape index (κ1) is 25.3. The standard InChI is InChI=1S/C20H25FN5O5PS/c1-2-16(27)33-9-8-30-32(31-11-14-4-3-5-15(21)10-14)13-29-7-6-26-12-23-17-18(26)24-20(22)25-19(17)28/h3-5,10,12H,2,6-9,11,13H2,1H3,(H3,22,24,25,28). The third kappa shape index (κ3) is 7.86. The molecule has 33 heavy (non-hydrogen) atoms. The highest BCUT2D eigenvalue weighted by atomic mass is 32.2. The van der Waals surface area contributed by atoms with Crippen LogP contribution in [0.25, 0.3) is 11.2 Å². The molecule has 2 heterocycles. The van der Waals surface area contributed by atoms with Crippen LogP contribution in [0, 0.1) is 5.82 Å². The molecule has 3 N–H and O–H groups in total. The third-order valence-electron chi connectivity index (χ3n) is 4.30. The van der Waals surface area contributed by atoms with Crippen molar-refractivity contribution in [3.63, 3.8) is 0 Å². The van der Waals surface area contributed by atoms with Crippen molar-refractivity contribution in [3.05, 3.63) is 52.3 Å². The van der Waals surface area contributed by atoms with Crippen molar-refractivity contribution in [2.45, 2.75) is 26.5 Å². The lowest BCUT2D eigenvalue weighted by Crippen LogP contribution is -2.13. The maximum atomic E-state index is 13.4. The molecule has 0 radical (unpaired) electrons. The van der Waals surface area contributed by atoms with Crippen LogP contribution in [-0.2, 0) is 31.7 Å². The fourth-order valence-corrected chi connectivity index (χ4v) is 4.53. The molecule has 178 valence electrons. The Hall–Kier alpha value is -2.37. The Morgan fingerprint density at radius 1 is 1.33 bits per heavy atom. The molecule has 0 amide bonds. The molecule has 0 aliphatic carbocycles. The van der Waals surface area contributed by atoms with Gasteiger partial charge in [-0.15, -0.1) is 0 Å². The minimum atomic E-state index is -1.43. The van der Waals surface area contributed by atoms with Crippen LogP contribution in [-0.4, -0.2) is 49.9 Å². The summed E-state index contributed by atoms with van der Waals surface area (Å²) in [7, 11) is -1.43. The van der Waals surface area contributed by atoms with Gasteiger partial charge in [0.05, 0.1) is 26.1 Å². The minimum absolute atomic E-state index is 0.0114. The van der Waals surface area contributed by atoms with Gasteiger partial charge < -0.3 is 24.1 Å². The number of hydrogen-bond donors (Lipinski definition) is 2. The van der Waals surface area contributed by atoms with E-state index in [0.29, 0.717) is 36.5 Å². The number of hydrogen-bond acceptors (Lipinski definition) is 9. The van der Waals surface area contributed by atoms with Crippen molar-refractivity contribution in [1.29, 1.82) is 0 Å². The Kier molecular flexibility index (Phi) is 9.76. The number of halogens is 1. The maximum absolute atomic E-state index is 13.4. The van der Waals surface area contributed by atoms with Gasteiger partial charge in [-0.1, -0.05) is 30.8 Å². The van der Waals surface area contributed by atoms with Gasteiger partial charge in [-0.05, 0) is 17.7 Å². The first-order valence-electron chi connectivity index (χ1n) is 10.2. The molecular weight excluding hydrogens is 472 g/mol. The van der Waals surface area contributed by atoms with Gasteiger partial charge in [-0.2, -0.15) is 4.98 Å². The quantitative estimate of drug-likeness (QED) is 0.270. The number of ether oxygens (including phenoxy) is 1. The number of anilines is 1. The van der Waals surface area contributed by atoms with Crippen LogP contribution >= 0.6 is 20.1 Å². The van der Waals surface area contributed by atoms with Crippen molar-refractivity contribution in [2.24, 2.45) is 0 Å². The van der Waals surface area contributed by atoms with E-state index in [-0.39, 0.29) is 42.0 Å². The van der Waals surface area contributed by atoms with E-state index in [1.165, 1.54) is 30.2 Å². The number of H-pyrrole nitrogens is 1. The molecule has 0 aliphatic heterocycles. The average molecular weight is 497 g/mol. The molecule has 1 aromatic carbocycles. The summed E-state index contributed by atoms with van der Waals surface area (Å²) < 4.78 is 32.4. The zero-order chi connectivity index (χ0) is 23.6. The second kappa shape index (κ2) is 12.8. The minimum Gasteiger partial charge on any atom is -0.370 e. The zero-order valence-corrected chi connectivity index (χ0v) is 19.7. The van der Waals surface area contributed by atoms with Crippen LogP contribution in [0.2, 0.25) is 0 Å². The highest BCUT2D eigenvalue weighted by molar-refractivity contribution is 8.13. The number of imidazole rings is 1. The lowest BCUT2D eigenvalue weighted by Gasteiger charge is -2.18. The predicted molar refractivity (Wildman–Crippen MR) is 125 cm³/mol. The molecule has 13 heteroatoms. The SMILES string of the molecule is CCC(=O)SCCOP(COCCn1cnc2c(=O)[nH]c(N)nc21)OCc1cccc(F)c1. The second-order valence-corrected chi connectivity index (χ2v) is 9.33. The molecule has 0 saturated carbocycles. The molecular formula is C20H25FN5O5PS. The Bertz CT molecular complexity index is 1130. The van der Waals surface area contributed by atoms with Crippen LogP contribution in [0.15, 0.2) is 35.4 Å². The highest BCUT2D eigenvalue weighted by Crippen LogP contribution is 2.39. The normalized spacial score (nSPS) is 12.3.